The minimum absolute atomic E-state index is 0.0659. The fourth-order valence-electron chi connectivity index (χ4n) is 7.63. The lowest BCUT2D eigenvalue weighted by molar-refractivity contribution is -0.162. The molecule has 0 spiro atoms. The van der Waals surface area contributed by atoms with Gasteiger partial charge in [0.2, 0.25) is 29.5 Å². The summed E-state index contributed by atoms with van der Waals surface area (Å²) >= 11 is 0. The third-order valence-electron chi connectivity index (χ3n) is 11.5. The highest BCUT2D eigenvalue weighted by molar-refractivity contribution is 5.98. The first-order chi connectivity index (χ1) is 29.1. The normalized spacial score (nSPS) is 26.3. The number of nitrogens with one attached hydrogen (secondary N) is 5. The summed E-state index contributed by atoms with van der Waals surface area (Å²) in [7, 11) is 1.54. The number of unbranched alkanes of at least 4 members (excludes halogenated alkanes) is 7. The maximum atomic E-state index is 14.6. The second kappa shape index (κ2) is 26.1. The number of alkyl carbamates (subject to hydrolysis) is 1. The largest absolute Gasteiger partial charge is 0.460 e. The first-order valence-corrected chi connectivity index (χ1v) is 23.4. The number of carbonyl (C=O) groups excluding carboxylic acids is 7. The molecule has 0 aromatic rings. The summed E-state index contributed by atoms with van der Waals surface area (Å²) < 4.78 is 17.6. The Morgan fingerprint density at radius 2 is 1.33 bits per heavy atom. The number of hydrogen-bond acceptors (Lipinski definition) is 10. The van der Waals surface area contributed by atoms with Crippen molar-refractivity contribution in [2.45, 2.75) is 228 Å². The number of likely N-dealkylation sites (N-methyl/N-ethyl adjacent to an activating group) is 1. The van der Waals surface area contributed by atoms with E-state index in [1.54, 1.807) is 76.3 Å². The van der Waals surface area contributed by atoms with E-state index in [-0.39, 0.29) is 12.3 Å². The topological polar surface area (TPSA) is 211 Å². The van der Waals surface area contributed by atoms with Gasteiger partial charge >= 0.3 is 12.1 Å². The van der Waals surface area contributed by atoms with Crippen LogP contribution in [-0.4, -0.2) is 113 Å². The minimum atomic E-state index is -1.49. The molecular weight excluding hydrogens is 809 g/mol. The molecule has 1 aliphatic heterocycles. The standard InChI is InChI=1S/C47H86N6O10/c1-17-19-20-21-22-23-24-25-26-35-31(6)41(57)53(16)47(15,27-29(3)4)43(59)52-36(30(5)18-2)39(55)50-34(28-48-44(60)63-46(12,13)14)38(54)51-37(33(8)62-45(9,10)11)40(56)49-32(7)42(58)61-35/h29-37H,17-28H2,1-16H3,(H,48,60)(H,49,56)(H,50,55)(H,51,54)(H,52,59)/t30-,31-,32+,33+,34+,35-,36+,37+,47-/m1/s1. The van der Waals surface area contributed by atoms with Gasteiger partial charge < -0.3 is 45.7 Å². The molecule has 0 radical (unpaired) electrons. The Morgan fingerprint density at radius 3 is 1.86 bits per heavy atom. The first-order valence-electron chi connectivity index (χ1n) is 23.4. The Kier molecular flexibility index (Phi) is 23.7. The SMILES string of the molecule is CCCCCCCCCC[C@H]1OC(=O)[C@H](C)NC(=O)[C@H]([C@H](C)OC(C)(C)C)NC(=O)[C@H](CNC(=O)OC(C)(C)C)NC(=O)[C@H]([C@H](C)CC)NC(=O)[C@@](C)(CC(C)C)N(C)C(=O)[C@@H]1C. The van der Waals surface area contributed by atoms with Crippen molar-refractivity contribution in [3.63, 3.8) is 0 Å². The third-order valence-corrected chi connectivity index (χ3v) is 11.5. The average Bonchev–Trinajstić information content (AvgIpc) is 3.17. The van der Waals surface area contributed by atoms with E-state index in [1.165, 1.54) is 24.7 Å². The van der Waals surface area contributed by atoms with Crippen molar-refractivity contribution in [1.82, 2.24) is 31.5 Å². The average molecular weight is 895 g/mol. The Balaban J connectivity index is 3.93. The molecule has 16 nitrogen and oxygen atoms in total. The first kappa shape index (κ1) is 57.1. The lowest BCUT2D eigenvalue weighted by Gasteiger charge is -2.42. The molecule has 0 aliphatic carbocycles. The van der Waals surface area contributed by atoms with Gasteiger partial charge in [0.1, 0.15) is 41.4 Å². The Labute approximate surface area is 379 Å². The van der Waals surface area contributed by atoms with Gasteiger partial charge in [-0.05, 0) is 93.4 Å². The van der Waals surface area contributed by atoms with E-state index in [0.717, 1.165) is 32.1 Å². The zero-order valence-electron chi connectivity index (χ0n) is 41.7. The van der Waals surface area contributed by atoms with Gasteiger partial charge in [0, 0.05) is 7.05 Å². The number of rotatable bonds is 17. The highest BCUT2D eigenvalue weighted by atomic mass is 16.6. The molecule has 16 heteroatoms. The Morgan fingerprint density at radius 1 is 0.778 bits per heavy atom. The van der Waals surface area contributed by atoms with Crippen LogP contribution in [0.15, 0.2) is 0 Å². The van der Waals surface area contributed by atoms with Crippen molar-refractivity contribution in [1.29, 1.82) is 0 Å². The second-order valence-corrected chi connectivity index (χ2v) is 20.2. The van der Waals surface area contributed by atoms with Gasteiger partial charge in [-0.2, -0.15) is 0 Å². The maximum absolute atomic E-state index is 14.6. The van der Waals surface area contributed by atoms with Gasteiger partial charge in [0.05, 0.1) is 24.2 Å². The number of cyclic esters (lactones) is 1. The summed E-state index contributed by atoms with van der Waals surface area (Å²) in [6.07, 6.45) is 6.66. The summed E-state index contributed by atoms with van der Waals surface area (Å²) in [6, 6.07) is -5.30. The minimum Gasteiger partial charge on any atom is -0.460 e. The highest BCUT2D eigenvalue weighted by Crippen LogP contribution is 2.29. The molecule has 0 bridgehead atoms. The summed E-state index contributed by atoms with van der Waals surface area (Å²) in [5.41, 5.74) is -3.11. The fraction of sp³-hybridized carbons (Fsp3) is 0.851. The molecule has 1 heterocycles. The van der Waals surface area contributed by atoms with E-state index in [1.807, 2.05) is 20.8 Å². The predicted molar refractivity (Wildman–Crippen MR) is 244 cm³/mol. The molecule has 1 aliphatic rings. The molecular formula is C47H86N6O10. The zero-order valence-corrected chi connectivity index (χ0v) is 41.7. The van der Waals surface area contributed by atoms with Crippen molar-refractivity contribution in [3.8, 4) is 0 Å². The van der Waals surface area contributed by atoms with Crippen LogP contribution >= 0.6 is 0 Å². The molecule has 9 atom stereocenters. The molecule has 1 rings (SSSR count). The molecule has 0 aromatic carbocycles. The van der Waals surface area contributed by atoms with Crippen LogP contribution in [0, 0.1) is 17.8 Å². The predicted octanol–water partition coefficient (Wildman–Crippen LogP) is 6.08. The van der Waals surface area contributed by atoms with Gasteiger partial charge in [0.25, 0.3) is 0 Å². The number of esters is 1. The molecule has 5 N–H and O–H groups in total. The van der Waals surface area contributed by atoms with Gasteiger partial charge in [-0.15, -0.1) is 0 Å². The van der Waals surface area contributed by atoms with Crippen LogP contribution in [0.25, 0.3) is 0 Å². The lowest BCUT2D eigenvalue weighted by Crippen LogP contribution is -2.65. The summed E-state index contributed by atoms with van der Waals surface area (Å²) in [4.78, 5) is 100. The number of ether oxygens (including phenoxy) is 3. The summed E-state index contributed by atoms with van der Waals surface area (Å²) in [5.74, 6) is -5.56. The van der Waals surface area contributed by atoms with Gasteiger partial charge in [0.15, 0.2) is 0 Å². The van der Waals surface area contributed by atoms with Crippen LogP contribution in [0.4, 0.5) is 4.79 Å². The number of nitrogens with zero attached hydrogens (tertiary/aromatic N) is 1. The molecule has 364 valence electrons. The third kappa shape index (κ3) is 19.8. The van der Waals surface area contributed by atoms with Crippen LogP contribution in [-0.2, 0) is 43.0 Å². The summed E-state index contributed by atoms with van der Waals surface area (Å²) in [6.45, 7) is 25.9. The molecule has 1 saturated heterocycles. The quantitative estimate of drug-likeness (QED) is 0.0840. The van der Waals surface area contributed by atoms with E-state index in [2.05, 4.69) is 33.5 Å². The summed E-state index contributed by atoms with van der Waals surface area (Å²) in [5, 5.41) is 13.5. The lowest BCUT2D eigenvalue weighted by atomic mass is 9.85. The molecule has 0 aromatic heterocycles. The smallest absolute Gasteiger partial charge is 0.407 e. The van der Waals surface area contributed by atoms with Crippen LogP contribution < -0.4 is 26.6 Å². The van der Waals surface area contributed by atoms with Gasteiger partial charge in [-0.1, -0.05) is 92.9 Å². The van der Waals surface area contributed by atoms with Crippen molar-refractivity contribution in [2.75, 3.05) is 13.6 Å². The van der Waals surface area contributed by atoms with E-state index in [4.69, 9.17) is 14.2 Å². The van der Waals surface area contributed by atoms with E-state index in [0.29, 0.717) is 19.3 Å². The van der Waals surface area contributed by atoms with Gasteiger partial charge in [-0.25, -0.2) is 9.59 Å². The van der Waals surface area contributed by atoms with Crippen LogP contribution in [0.2, 0.25) is 0 Å². The van der Waals surface area contributed by atoms with Crippen LogP contribution in [0.3, 0.4) is 0 Å². The number of hydrogen-bond donors (Lipinski definition) is 5. The molecule has 63 heavy (non-hydrogen) atoms. The van der Waals surface area contributed by atoms with Gasteiger partial charge in [-0.3, -0.25) is 24.0 Å². The number of carbonyl (C=O) groups is 7. The number of amides is 6. The highest BCUT2D eigenvalue weighted by Gasteiger charge is 2.46. The van der Waals surface area contributed by atoms with Crippen molar-refractivity contribution >= 4 is 41.6 Å². The molecule has 0 saturated carbocycles. The monoisotopic (exact) mass is 895 g/mol. The van der Waals surface area contributed by atoms with E-state index in [9.17, 15) is 33.6 Å². The van der Waals surface area contributed by atoms with E-state index >= 15 is 0 Å². The molecule has 6 amide bonds. The van der Waals surface area contributed by atoms with Crippen molar-refractivity contribution < 1.29 is 47.8 Å². The zero-order chi connectivity index (χ0) is 48.5. The fourth-order valence-corrected chi connectivity index (χ4v) is 7.63. The van der Waals surface area contributed by atoms with Crippen molar-refractivity contribution in [2.24, 2.45) is 17.8 Å². The molecule has 0 unspecified atom stereocenters. The second-order valence-electron chi connectivity index (χ2n) is 20.2. The Bertz CT molecular complexity index is 1510. The van der Waals surface area contributed by atoms with Crippen molar-refractivity contribution in [3.05, 3.63) is 0 Å². The van der Waals surface area contributed by atoms with Crippen LogP contribution in [0.1, 0.15) is 174 Å². The Hall–Kier alpha value is -3.95. The van der Waals surface area contributed by atoms with E-state index < -0.39 is 113 Å². The maximum Gasteiger partial charge on any atom is 0.407 e. The van der Waals surface area contributed by atoms with Crippen LogP contribution in [0.5, 0.6) is 0 Å². The molecule has 1 fully saturated rings.